The molecular weight excluding hydrogens is 218 g/mol. The zero-order valence-corrected chi connectivity index (χ0v) is 12.1. The Balaban J connectivity index is 1.98. The molecule has 18 heavy (non-hydrogen) atoms. The summed E-state index contributed by atoms with van der Waals surface area (Å²) in [6, 6.07) is 9.40. The second-order valence-electron chi connectivity index (χ2n) is 6.24. The second kappa shape index (κ2) is 5.88. The summed E-state index contributed by atoms with van der Waals surface area (Å²) in [6.07, 6.45) is 5.40. The molecule has 1 fully saturated rings. The summed E-state index contributed by atoms with van der Waals surface area (Å²) in [5.74, 6) is 0.851. The average Bonchev–Trinajstić information content (AvgIpc) is 2.28. The third-order valence-corrected chi connectivity index (χ3v) is 4.45. The maximum absolute atomic E-state index is 3.42. The smallest absolute Gasteiger partial charge is 0.00407 e. The molecule has 0 aliphatic heterocycles. The van der Waals surface area contributed by atoms with Crippen molar-refractivity contribution in [2.75, 3.05) is 13.1 Å². The van der Waals surface area contributed by atoms with Gasteiger partial charge in [-0.1, -0.05) is 51.5 Å². The lowest BCUT2D eigenvalue weighted by molar-refractivity contribution is 0.419. The first-order valence-electron chi connectivity index (χ1n) is 7.44. The van der Waals surface area contributed by atoms with Gasteiger partial charge in [-0.05, 0) is 54.8 Å². The Labute approximate surface area is 112 Å². The van der Waals surface area contributed by atoms with Gasteiger partial charge in [0.15, 0.2) is 0 Å². The van der Waals surface area contributed by atoms with E-state index in [0.29, 0.717) is 0 Å². The molecule has 1 aromatic rings. The lowest BCUT2D eigenvalue weighted by Gasteiger charge is -2.28. The number of benzene rings is 1. The van der Waals surface area contributed by atoms with Crippen molar-refractivity contribution in [2.45, 2.75) is 57.8 Å². The normalized spacial score (nSPS) is 16.6. The van der Waals surface area contributed by atoms with Crippen molar-refractivity contribution >= 4 is 0 Å². The number of nitrogens with one attached hydrogen (secondary N) is 1. The van der Waals surface area contributed by atoms with E-state index in [-0.39, 0.29) is 5.41 Å². The Morgan fingerprint density at radius 1 is 1.17 bits per heavy atom. The van der Waals surface area contributed by atoms with Gasteiger partial charge in [-0.15, -0.1) is 0 Å². The topological polar surface area (TPSA) is 12.0 Å². The van der Waals surface area contributed by atoms with Crippen LogP contribution in [0.3, 0.4) is 0 Å². The third kappa shape index (κ3) is 3.14. The Morgan fingerprint density at radius 2 is 1.83 bits per heavy atom. The van der Waals surface area contributed by atoms with Crippen LogP contribution in [0.1, 0.15) is 63.5 Å². The molecule has 0 spiro atoms. The van der Waals surface area contributed by atoms with Crippen LogP contribution in [-0.4, -0.2) is 13.1 Å². The van der Waals surface area contributed by atoms with E-state index in [9.17, 15) is 0 Å². The van der Waals surface area contributed by atoms with Gasteiger partial charge in [-0.25, -0.2) is 0 Å². The molecule has 1 heteroatoms. The van der Waals surface area contributed by atoms with E-state index in [1.54, 1.807) is 5.56 Å². The molecule has 0 heterocycles. The van der Waals surface area contributed by atoms with Crippen LogP contribution in [0.2, 0.25) is 0 Å². The number of hydrogen-bond acceptors (Lipinski definition) is 1. The molecule has 0 atom stereocenters. The molecule has 0 unspecified atom stereocenters. The maximum Gasteiger partial charge on any atom is -0.00407 e. The van der Waals surface area contributed by atoms with Gasteiger partial charge in [0, 0.05) is 0 Å². The van der Waals surface area contributed by atoms with Crippen LogP contribution in [-0.2, 0) is 5.41 Å². The molecule has 1 aromatic carbocycles. The Hall–Kier alpha value is -0.820. The highest BCUT2D eigenvalue weighted by Gasteiger charge is 2.22. The first-order chi connectivity index (χ1) is 8.63. The van der Waals surface area contributed by atoms with Gasteiger partial charge in [-0.2, -0.15) is 0 Å². The second-order valence-corrected chi connectivity index (χ2v) is 6.24. The quantitative estimate of drug-likeness (QED) is 0.740. The van der Waals surface area contributed by atoms with Gasteiger partial charge in [-0.3, -0.25) is 0 Å². The molecule has 0 amide bonds. The Morgan fingerprint density at radius 3 is 2.33 bits per heavy atom. The molecule has 1 aliphatic rings. The molecule has 1 N–H and O–H groups in total. The molecule has 1 nitrogen and oxygen atoms in total. The number of hydrogen-bond donors (Lipinski definition) is 1. The van der Waals surface area contributed by atoms with Crippen molar-refractivity contribution in [1.82, 2.24) is 5.32 Å². The monoisotopic (exact) mass is 245 g/mol. The van der Waals surface area contributed by atoms with Crippen LogP contribution in [0.15, 0.2) is 24.3 Å². The van der Waals surface area contributed by atoms with Gasteiger partial charge in [0.05, 0.1) is 0 Å². The first-order valence-corrected chi connectivity index (χ1v) is 7.44. The Kier molecular flexibility index (Phi) is 4.45. The molecule has 1 saturated carbocycles. The van der Waals surface area contributed by atoms with Gasteiger partial charge in [0.1, 0.15) is 0 Å². The fourth-order valence-corrected chi connectivity index (χ4v) is 2.67. The van der Waals surface area contributed by atoms with E-state index >= 15 is 0 Å². The lowest BCUT2D eigenvalue weighted by Crippen LogP contribution is -2.25. The molecular formula is C17H27N. The van der Waals surface area contributed by atoms with Gasteiger partial charge in [0.2, 0.25) is 0 Å². The molecule has 1 aliphatic carbocycles. The van der Waals surface area contributed by atoms with Crippen LogP contribution in [0.25, 0.3) is 0 Å². The van der Waals surface area contributed by atoms with Crippen molar-refractivity contribution in [2.24, 2.45) is 0 Å². The van der Waals surface area contributed by atoms with Crippen LogP contribution < -0.4 is 5.32 Å². The minimum Gasteiger partial charge on any atom is -0.317 e. The van der Waals surface area contributed by atoms with E-state index in [2.05, 4.69) is 50.4 Å². The predicted molar refractivity (Wildman–Crippen MR) is 79.2 cm³/mol. The van der Waals surface area contributed by atoms with Crippen molar-refractivity contribution in [1.29, 1.82) is 0 Å². The maximum atomic E-state index is 3.42. The van der Waals surface area contributed by atoms with E-state index in [1.165, 1.54) is 31.2 Å². The highest BCUT2D eigenvalue weighted by atomic mass is 14.8. The molecule has 0 radical (unpaired) electrons. The zero-order valence-electron chi connectivity index (χ0n) is 12.1. The molecule has 0 aromatic heterocycles. The highest BCUT2D eigenvalue weighted by molar-refractivity contribution is 5.30. The standard InChI is InChI=1S/C17H27N/c1-4-18-13-12-17(2,3)16-10-8-15(9-11-16)14-6-5-7-14/h8-11,14,18H,4-7,12-13H2,1-3H3. The van der Waals surface area contributed by atoms with Crippen molar-refractivity contribution < 1.29 is 0 Å². The van der Waals surface area contributed by atoms with E-state index in [0.717, 1.165) is 19.0 Å². The highest BCUT2D eigenvalue weighted by Crippen LogP contribution is 2.37. The zero-order chi connectivity index (χ0) is 13.0. The van der Waals surface area contributed by atoms with Crippen molar-refractivity contribution in [3.05, 3.63) is 35.4 Å². The van der Waals surface area contributed by atoms with Crippen LogP contribution >= 0.6 is 0 Å². The lowest BCUT2D eigenvalue weighted by atomic mass is 9.77. The van der Waals surface area contributed by atoms with Crippen LogP contribution in [0, 0.1) is 0 Å². The fraction of sp³-hybridized carbons (Fsp3) is 0.647. The van der Waals surface area contributed by atoms with Gasteiger partial charge >= 0.3 is 0 Å². The molecule has 0 bridgehead atoms. The largest absolute Gasteiger partial charge is 0.317 e. The van der Waals surface area contributed by atoms with Crippen LogP contribution in [0.5, 0.6) is 0 Å². The summed E-state index contributed by atoms with van der Waals surface area (Å²) < 4.78 is 0. The summed E-state index contributed by atoms with van der Waals surface area (Å²) in [5, 5.41) is 3.42. The van der Waals surface area contributed by atoms with Crippen molar-refractivity contribution in [3.63, 3.8) is 0 Å². The minimum atomic E-state index is 0.278. The SMILES string of the molecule is CCNCCC(C)(C)c1ccc(C2CCC2)cc1. The molecule has 2 rings (SSSR count). The van der Waals surface area contributed by atoms with E-state index in [4.69, 9.17) is 0 Å². The summed E-state index contributed by atoms with van der Waals surface area (Å²) >= 11 is 0. The summed E-state index contributed by atoms with van der Waals surface area (Å²) in [7, 11) is 0. The Bertz CT molecular complexity index is 360. The van der Waals surface area contributed by atoms with Gasteiger partial charge < -0.3 is 5.32 Å². The average molecular weight is 245 g/mol. The fourth-order valence-electron chi connectivity index (χ4n) is 2.67. The van der Waals surface area contributed by atoms with E-state index < -0.39 is 0 Å². The summed E-state index contributed by atoms with van der Waals surface area (Å²) in [4.78, 5) is 0. The molecule has 100 valence electrons. The first kappa shape index (κ1) is 13.6. The van der Waals surface area contributed by atoms with Gasteiger partial charge in [0.25, 0.3) is 0 Å². The number of rotatable bonds is 6. The van der Waals surface area contributed by atoms with Crippen molar-refractivity contribution in [3.8, 4) is 0 Å². The third-order valence-electron chi connectivity index (χ3n) is 4.45. The summed E-state index contributed by atoms with van der Waals surface area (Å²) in [5.41, 5.74) is 3.30. The molecule has 0 saturated heterocycles. The van der Waals surface area contributed by atoms with E-state index in [1.807, 2.05) is 0 Å². The minimum absolute atomic E-state index is 0.278. The van der Waals surface area contributed by atoms with Crippen LogP contribution in [0.4, 0.5) is 0 Å². The summed E-state index contributed by atoms with van der Waals surface area (Å²) in [6.45, 7) is 9.04. The predicted octanol–water partition coefficient (Wildman–Crippen LogP) is 4.23.